The fourth-order valence-electron chi connectivity index (χ4n) is 5.28. The van der Waals surface area contributed by atoms with E-state index in [9.17, 15) is 5.11 Å². The van der Waals surface area contributed by atoms with Gasteiger partial charge in [0, 0.05) is 0 Å². The molecule has 3 saturated carbocycles. The van der Waals surface area contributed by atoms with Crippen molar-refractivity contribution in [3.05, 3.63) is 0 Å². The van der Waals surface area contributed by atoms with Crippen LogP contribution in [0.4, 0.5) is 0 Å². The Morgan fingerprint density at radius 3 is 2.06 bits per heavy atom. The Hall–Kier alpha value is -0.0400. The van der Waals surface area contributed by atoms with E-state index in [2.05, 4.69) is 20.8 Å². The first-order valence-corrected chi connectivity index (χ1v) is 7.68. The van der Waals surface area contributed by atoms with Crippen LogP contribution in [0.25, 0.3) is 0 Å². The van der Waals surface area contributed by atoms with E-state index in [0.29, 0.717) is 5.41 Å². The summed E-state index contributed by atoms with van der Waals surface area (Å²) in [4.78, 5) is 0. The standard InChI is InChI=1S/C16H28O/c1-10-14-8-12(16(10,2)3)9-15(14)11-4-6-13(17)7-5-11/h10-15,17H,4-9H2,1-3H3/t10-,11?,12+,13?,14+,15+/m0/s1. The summed E-state index contributed by atoms with van der Waals surface area (Å²) in [5.41, 5.74) is 0.593. The highest BCUT2D eigenvalue weighted by Crippen LogP contribution is 2.63. The highest BCUT2D eigenvalue weighted by atomic mass is 16.3. The second kappa shape index (κ2) is 3.98. The largest absolute Gasteiger partial charge is 0.393 e. The van der Waals surface area contributed by atoms with Gasteiger partial charge < -0.3 is 5.11 Å². The van der Waals surface area contributed by atoms with E-state index in [-0.39, 0.29) is 6.10 Å². The minimum atomic E-state index is 0.0127. The second-order valence-electron chi connectivity index (χ2n) is 7.67. The maximum Gasteiger partial charge on any atom is 0.0540 e. The molecule has 2 bridgehead atoms. The third-order valence-electron chi connectivity index (χ3n) is 6.88. The van der Waals surface area contributed by atoms with Crippen LogP contribution in [-0.4, -0.2) is 11.2 Å². The zero-order valence-electron chi connectivity index (χ0n) is 11.7. The molecule has 1 N–H and O–H groups in total. The summed E-state index contributed by atoms with van der Waals surface area (Å²) in [5, 5.41) is 9.64. The first-order valence-electron chi connectivity index (χ1n) is 7.68. The van der Waals surface area contributed by atoms with Gasteiger partial charge in [0.25, 0.3) is 0 Å². The molecular formula is C16H28O. The van der Waals surface area contributed by atoms with Crippen LogP contribution in [-0.2, 0) is 0 Å². The Labute approximate surface area is 106 Å². The van der Waals surface area contributed by atoms with Crippen LogP contribution in [0.3, 0.4) is 0 Å². The third-order valence-corrected chi connectivity index (χ3v) is 6.88. The van der Waals surface area contributed by atoms with Gasteiger partial charge >= 0.3 is 0 Å². The van der Waals surface area contributed by atoms with E-state index in [0.717, 1.165) is 42.4 Å². The van der Waals surface area contributed by atoms with E-state index >= 15 is 0 Å². The number of hydrogen-bond acceptors (Lipinski definition) is 1. The highest BCUT2D eigenvalue weighted by molar-refractivity contribution is 5.05. The van der Waals surface area contributed by atoms with Crippen molar-refractivity contribution in [3.8, 4) is 0 Å². The summed E-state index contributed by atoms with van der Waals surface area (Å²) in [5.74, 6) is 4.83. The molecule has 1 nitrogen and oxygen atoms in total. The van der Waals surface area contributed by atoms with E-state index in [1.807, 2.05) is 0 Å². The molecule has 0 heterocycles. The molecular weight excluding hydrogens is 208 g/mol. The Bertz CT molecular complexity index is 284. The average molecular weight is 236 g/mol. The lowest BCUT2D eigenvalue weighted by Gasteiger charge is -2.44. The number of aliphatic hydroxyl groups excluding tert-OH is 1. The number of aliphatic hydroxyl groups is 1. The average Bonchev–Trinajstić information content (AvgIpc) is 2.81. The lowest BCUT2D eigenvalue weighted by atomic mass is 9.62. The van der Waals surface area contributed by atoms with Crippen molar-refractivity contribution >= 4 is 0 Å². The normalized spacial score (nSPS) is 52.9. The number of rotatable bonds is 1. The van der Waals surface area contributed by atoms with E-state index in [4.69, 9.17) is 0 Å². The molecule has 0 spiro atoms. The van der Waals surface area contributed by atoms with Gasteiger partial charge in [-0.25, -0.2) is 0 Å². The molecule has 3 aliphatic carbocycles. The molecule has 98 valence electrons. The Morgan fingerprint density at radius 2 is 1.53 bits per heavy atom. The van der Waals surface area contributed by atoms with Gasteiger partial charge in [-0.3, -0.25) is 0 Å². The number of hydrogen-bond donors (Lipinski definition) is 1. The molecule has 0 saturated heterocycles. The predicted molar refractivity (Wildman–Crippen MR) is 70.6 cm³/mol. The summed E-state index contributed by atoms with van der Waals surface area (Å²) < 4.78 is 0. The van der Waals surface area contributed by atoms with Crippen molar-refractivity contribution in [1.82, 2.24) is 0 Å². The molecule has 0 aromatic carbocycles. The second-order valence-corrected chi connectivity index (χ2v) is 7.67. The van der Waals surface area contributed by atoms with Gasteiger partial charge in [0.2, 0.25) is 0 Å². The molecule has 4 atom stereocenters. The topological polar surface area (TPSA) is 20.2 Å². The third kappa shape index (κ3) is 1.77. The van der Waals surface area contributed by atoms with Crippen LogP contribution in [0.2, 0.25) is 0 Å². The fraction of sp³-hybridized carbons (Fsp3) is 1.00. The molecule has 0 aromatic heterocycles. The molecule has 1 heteroatoms. The van der Waals surface area contributed by atoms with Gasteiger partial charge in [0.05, 0.1) is 6.10 Å². The van der Waals surface area contributed by atoms with E-state index in [1.54, 1.807) is 0 Å². The van der Waals surface area contributed by atoms with Gasteiger partial charge in [-0.15, -0.1) is 0 Å². The first kappa shape index (κ1) is 12.0. The minimum Gasteiger partial charge on any atom is -0.393 e. The van der Waals surface area contributed by atoms with Gasteiger partial charge in [0.1, 0.15) is 0 Å². The molecule has 3 fully saturated rings. The molecule has 0 aliphatic heterocycles. The van der Waals surface area contributed by atoms with Crippen LogP contribution in [0.1, 0.15) is 59.3 Å². The van der Waals surface area contributed by atoms with Crippen LogP contribution >= 0.6 is 0 Å². The number of fused-ring (bicyclic) bond motifs is 2. The maximum absolute atomic E-state index is 9.64. The van der Waals surface area contributed by atoms with Crippen molar-refractivity contribution < 1.29 is 5.11 Å². The monoisotopic (exact) mass is 236 g/mol. The van der Waals surface area contributed by atoms with Crippen molar-refractivity contribution in [2.24, 2.45) is 35.0 Å². The lowest BCUT2D eigenvalue weighted by molar-refractivity contribution is 0.0336. The predicted octanol–water partition coefficient (Wildman–Crippen LogP) is 3.86. The van der Waals surface area contributed by atoms with Crippen LogP contribution in [0.5, 0.6) is 0 Å². The first-order chi connectivity index (χ1) is 8.00. The molecule has 0 radical (unpaired) electrons. The zero-order valence-corrected chi connectivity index (χ0v) is 11.7. The van der Waals surface area contributed by atoms with Crippen molar-refractivity contribution in [2.75, 3.05) is 0 Å². The van der Waals surface area contributed by atoms with Crippen molar-refractivity contribution in [1.29, 1.82) is 0 Å². The molecule has 0 amide bonds. The lowest BCUT2D eigenvalue weighted by Crippen LogP contribution is -2.37. The minimum absolute atomic E-state index is 0.0127. The SMILES string of the molecule is C[C@H]1[C@H]2C[C@H](C[C@@H]2C2CCC(O)CC2)C1(C)C. The highest BCUT2D eigenvalue weighted by Gasteiger charge is 2.56. The van der Waals surface area contributed by atoms with Gasteiger partial charge in [-0.2, -0.15) is 0 Å². The Balaban J connectivity index is 1.68. The Morgan fingerprint density at radius 1 is 0.941 bits per heavy atom. The Kier molecular flexibility index (Phi) is 2.81. The molecule has 0 unspecified atom stereocenters. The summed E-state index contributed by atoms with van der Waals surface area (Å²) in [7, 11) is 0. The smallest absolute Gasteiger partial charge is 0.0540 e. The van der Waals surface area contributed by atoms with E-state index < -0.39 is 0 Å². The zero-order chi connectivity index (χ0) is 12.2. The molecule has 17 heavy (non-hydrogen) atoms. The molecule has 0 aromatic rings. The van der Waals surface area contributed by atoms with Crippen molar-refractivity contribution in [3.63, 3.8) is 0 Å². The summed E-state index contributed by atoms with van der Waals surface area (Å²) in [6.45, 7) is 7.47. The van der Waals surface area contributed by atoms with Crippen molar-refractivity contribution in [2.45, 2.75) is 65.4 Å². The maximum atomic E-state index is 9.64. The summed E-state index contributed by atoms with van der Waals surface area (Å²) >= 11 is 0. The molecule has 3 rings (SSSR count). The summed E-state index contributed by atoms with van der Waals surface area (Å²) in [6.07, 6.45) is 7.72. The summed E-state index contributed by atoms with van der Waals surface area (Å²) in [6, 6.07) is 0. The fourth-order valence-corrected chi connectivity index (χ4v) is 5.28. The van der Waals surface area contributed by atoms with Gasteiger partial charge in [-0.1, -0.05) is 20.8 Å². The quantitative estimate of drug-likeness (QED) is 0.733. The van der Waals surface area contributed by atoms with Gasteiger partial charge in [-0.05, 0) is 73.5 Å². The van der Waals surface area contributed by atoms with Crippen LogP contribution < -0.4 is 0 Å². The van der Waals surface area contributed by atoms with Crippen LogP contribution in [0, 0.1) is 35.0 Å². The molecule has 3 aliphatic rings. The van der Waals surface area contributed by atoms with Crippen LogP contribution in [0.15, 0.2) is 0 Å². The van der Waals surface area contributed by atoms with E-state index in [1.165, 1.54) is 25.7 Å². The van der Waals surface area contributed by atoms with Gasteiger partial charge in [0.15, 0.2) is 0 Å².